The van der Waals surface area contributed by atoms with Crippen LogP contribution < -0.4 is 15.4 Å². The van der Waals surface area contributed by atoms with Gasteiger partial charge in [-0.15, -0.1) is 20.4 Å². The maximum atomic E-state index is 12.9. The Balaban J connectivity index is 1.07. The van der Waals surface area contributed by atoms with Crippen LogP contribution in [0.5, 0.6) is 5.75 Å². The summed E-state index contributed by atoms with van der Waals surface area (Å²) < 4.78 is 5.65. The number of anilines is 2. The molecular weight excluding hydrogens is 588 g/mol. The van der Waals surface area contributed by atoms with Gasteiger partial charge < -0.3 is 14.7 Å². The highest BCUT2D eigenvalue weighted by Gasteiger charge is 2.18. The molecule has 0 saturated heterocycles. The topological polar surface area (TPSA) is 213 Å². The van der Waals surface area contributed by atoms with Crippen molar-refractivity contribution < 1.29 is 14.3 Å². The molecule has 0 aliphatic rings. The Morgan fingerprint density at radius 3 is 2.20 bits per heavy atom. The van der Waals surface area contributed by atoms with Crippen LogP contribution in [0.25, 0.3) is 23.0 Å². The lowest BCUT2D eigenvalue weighted by atomic mass is 10.1. The zero-order valence-electron chi connectivity index (χ0n) is 24.2. The molecule has 6 aromatic rings. The molecular formula is C31H24N12O3. The number of nitrogens with zero attached hydrogens (tertiary/aromatic N) is 8. The van der Waals surface area contributed by atoms with Gasteiger partial charge in [-0.25, -0.2) is 9.97 Å². The van der Waals surface area contributed by atoms with Crippen molar-refractivity contribution in [3.63, 3.8) is 0 Å². The second-order valence-corrected chi connectivity index (χ2v) is 9.80. The van der Waals surface area contributed by atoms with Crippen LogP contribution in [0.2, 0.25) is 0 Å². The van der Waals surface area contributed by atoms with Gasteiger partial charge in [0.25, 0.3) is 11.8 Å². The van der Waals surface area contributed by atoms with E-state index in [4.69, 9.17) is 10.00 Å². The molecule has 6 rings (SSSR count). The van der Waals surface area contributed by atoms with Crippen LogP contribution in [0.3, 0.4) is 0 Å². The first-order chi connectivity index (χ1) is 22.4. The molecule has 0 fully saturated rings. The molecule has 0 saturated carbocycles. The molecule has 0 bridgehead atoms. The van der Waals surface area contributed by atoms with Crippen molar-refractivity contribution in [1.29, 1.82) is 5.26 Å². The number of nitriles is 1. The highest BCUT2D eigenvalue weighted by molar-refractivity contribution is 6.01. The Kier molecular flexibility index (Phi) is 8.41. The standard InChI is InChI=1S/C31H24N12O3/c1-18(46-22-13-11-19(17-32)12-14-22)28(44)38-30-37-27(41-42-30)24-9-4-6-20(34-24)16-21-7-5-10-25(35-21)29(45)39-31-36-26(40-43-31)23-8-2-3-15-33-23/h2-15,18H,16H2,1H3,(H2,36,39,40,43,45)(H2,37,38,41,42,44). The van der Waals surface area contributed by atoms with E-state index in [-0.39, 0.29) is 17.6 Å². The monoisotopic (exact) mass is 612 g/mol. The molecule has 5 aromatic heterocycles. The van der Waals surface area contributed by atoms with Crippen molar-refractivity contribution in [3.05, 3.63) is 108 Å². The van der Waals surface area contributed by atoms with Crippen molar-refractivity contribution >= 4 is 23.7 Å². The van der Waals surface area contributed by atoms with Gasteiger partial charge in [-0.1, -0.05) is 18.2 Å². The van der Waals surface area contributed by atoms with Crippen molar-refractivity contribution in [2.45, 2.75) is 19.4 Å². The summed E-state index contributed by atoms with van der Waals surface area (Å²) in [5.41, 5.74) is 3.06. The molecule has 46 heavy (non-hydrogen) atoms. The number of carbonyl (C=O) groups excluding carboxylic acids is 2. The molecule has 15 heteroatoms. The van der Waals surface area contributed by atoms with Gasteiger partial charge in [0, 0.05) is 24.0 Å². The first-order valence-electron chi connectivity index (χ1n) is 13.9. The van der Waals surface area contributed by atoms with Gasteiger partial charge in [0.05, 0.1) is 11.6 Å². The second kappa shape index (κ2) is 13.2. The molecule has 0 spiro atoms. The Morgan fingerprint density at radius 2 is 1.48 bits per heavy atom. The first-order valence-corrected chi connectivity index (χ1v) is 13.9. The third kappa shape index (κ3) is 7.03. The molecule has 0 radical (unpaired) electrons. The number of pyridine rings is 3. The number of aromatic nitrogens is 9. The van der Waals surface area contributed by atoms with Gasteiger partial charge in [-0.2, -0.15) is 5.26 Å². The number of H-pyrrole nitrogens is 2. The Bertz CT molecular complexity index is 2030. The number of amides is 2. The Hall–Kier alpha value is -6.82. The quantitative estimate of drug-likeness (QED) is 0.175. The number of benzene rings is 1. The van der Waals surface area contributed by atoms with Gasteiger partial charge in [-0.3, -0.25) is 25.2 Å². The molecule has 2 amide bonds. The fourth-order valence-electron chi connectivity index (χ4n) is 4.23. The highest BCUT2D eigenvalue weighted by Crippen LogP contribution is 2.18. The minimum atomic E-state index is -0.840. The van der Waals surface area contributed by atoms with Crippen molar-refractivity contribution in [3.8, 4) is 34.9 Å². The lowest BCUT2D eigenvalue weighted by Crippen LogP contribution is -2.30. The maximum absolute atomic E-state index is 12.9. The summed E-state index contributed by atoms with van der Waals surface area (Å²) >= 11 is 0. The summed E-state index contributed by atoms with van der Waals surface area (Å²) in [6.07, 6.45) is 1.13. The minimum absolute atomic E-state index is 0.127. The van der Waals surface area contributed by atoms with E-state index in [1.807, 2.05) is 24.3 Å². The van der Waals surface area contributed by atoms with Crippen molar-refractivity contribution in [1.82, 2.24) is 45.3 Å². The zero-order chi connectivity index (χ0) is 31.9. The van der Waals surface area contributed by atoms with Crippen molar-refractivity contribution in [2.75, 3.05) is 10.6 Å². The van der Waals surface area contributed by atoms with E-state index in [2.05, 4.69) is 55.9 Å². The molecule has 1 aromatic carbocycles. The van der Waals surface area contributed by atoms with Gasteiger partial charge in [0.15, 0.2) is 17.8 Å². The van der Waals surface area contributed by atoms with Gasteiger partial charge in [0.1, 0.15) is 22.8 Å². The fraction of sp³-hybridized carbons (Fsp3) is 0.0968. The number of hydrogen-bond donors (Lipinski definition) is 4. The predicted molar refractivity (Wildman–Crippen MR) is 164 cm³/mol. The summed E-state index contributed by atoms with van der Waals surface area (Å²) in [4.78, 5) is 44.7. The summed E-state index contributed by atoms with van der Waals surface area (Å²) in [7, 11) is 0. The average molecular weight is 613 g/mol. The smallest absolute Gasteiger partial charge is 0.276 e. The fourth-order valence-corrected chi connectivity index (χ4v) is 4.23. The van der Waals surface area contributed by atoms with Crippen LogP contribution in [0.1, 0.15) is 34.4 Å². The molecule has 4 N–H and O–H groups in total. The van der Waals surface area contributed by atoms with Gasteiger partial charge in [0.2, 0.25) is 11.9 Å². The molecule has 0 aliphatic carbocycles. The lowest BCUT2D eigenvalue weighted by Gasteiger charge is -2.13. The molecule has 226 valence electrons. The summed E-state index contributed by atoms with van der Waals surface area (Å²) in [5, 5.41) is 30.3. The van der Waals surface area contributed by atoms with E-state index in [1.54, 1.807) is 73.8 Å². The van der Waals surface area contributed by atoms with Gasteiger partial charge in [-0.05, 0) is 67.6 Å². The van der Waals surface area contributed by atoms with E-state index in [0.29, 0.717) is 52.2 Å². The van der Waals surface area contributed by atoms with E-state index in [1.165, 1.54) is 0 Å². The highest BCUT2D eigenvalue weighted by atomic mass is 16.5. The summed E-state index contributed by atoms with van der Waals surface area (Å²) in [6.45, 7) is 1.59. The maximum Gasteiger partial charge on any atom is 0.276 e. The summed E-state index contributed by atoms with van der Waals surface area (Å²) in [5.74, 6) is 0.612. The van der Waals surface area contributed by atoms with Crippen LogP contribution in [0.15, 0.2) is 85.1 Å². The van der Waals surface area contributed by atoms with Crippen LogP contribution in [-0.2, 0) is 11.2 Å². The SMILES string of the molecule is CC(Oc1ccc(C#N)cc1)C(=O)Nc1nnc(-c2cccc(Cc3cccc(C(=O)Nc4nnc(-c5ccccn5)[nH]4)n3)n2)[nH]1. The third-order valence-electron chi connectivity index (χ3n) is 6.47. The zero-order valence-corrected chi connectivity index (χ0v) is 24.2. The van der Waals surface area contributed by atoms with E-state index < -0.39 is 17.9 Å². The Morgan fingerprint density at radius 1 is 0.804 bits per heavy atom. The first kappa shape index (κ1) is 29.3. The predicted octanol–water partition coefficient (Wildman–Crippen LogP) is 3.56. The van der Waals surface area contributed by atoms with Gasteiger partial charge >= 0.3 is 0 Å². The van der Waals surface area contributed by atoms with Crippen LogP contribution in [0, 0.1) is 11.3 Å². The summed E-state index contributed by atoms with van der Waals surface area (Å²) in [6, 6.07) is 24.4. The Labute approximate surface area is 261 Å². The van der Waals surface area contributed by atoms with Crippen LogP contribution >= 0.6 is 0 Å². The second-order valence-electron chi connectivity index (χ2n) is 9.80. The largest absolute Gasteiger partial charge is 0.481 e. The van der Waals surface area contributed by atoms with E-state index in [9.17, 15) is 9.59 Å². The van der Waals surface area contributed by atoms with Crippen molar-refractivity contribution in [2.24, 2.45) is 0 Å². The average Bonchev–Trinajstić information content (AvgIpc) is 3.76. The molecule has 1 atom stereocenters. The number of hydrogen-bond acceptors (Lipinski definition) is 11. The lowest BCUT2D eigenvalue weighted by molar-refractivity contribution is -0.122. The van der Waals surface area contributed by atoms with Crippen LogP contribution in [0.4, 0.5) is 11.9 Å². The van der Waals surface area contributed by atoms with E-state index >= 15 is 0 Å². The number of carbonyl (C=O) groups is 2. The minimum Gasteiger partial charge on any atom is -0.481 e. The number of rotatable bonds is 10. The molecule has 0 aliphatic heterocycles. The molecule has 1 unspecified atom stereocenters. The van der Waals surface area contributed by atoms with Crippen LogP contribution in [-0.4, -0.2) is 63.2 Å². The normalized spacial score (nSPS) is 11.3. The van der Waals surface area contributed by atoms with E-state index in [0.717, 1.165) is 0 Å². The number of aromatic amines is 2. The number of ether oxygens (including phenoxy) is 1. The molecule has 15 nitrogen and oxygen atoms in total. The third-order valence-corrected chi connectivity index (χ3v) is 6.47. The number of nitrogens with one attached hydrogen (secondary N) is 4. The molecule has 5 heterocycles.